The molecule has 1 unspecified atom stereocenters. The summed E-state index contributed by atoms with van der Waals surface area (Å²) in [6.45, 7) is 7.64. The SMILES string of the molecule is CC/C=C\C/C=C\C/C=C\C/C=C\C/C=C\CCCC(=O)OCC(COCCCCCCCCCCCCCCCCCCCC)OC(=O)CCCCCCC/C=C\C/C=C\CCCCC. The van der Waals surface area contributed by atoms with Gasteiger partial charge in [-0.2, -0.15) is 0 Å². The molecule has 0 fully saturated rings. The van der Waals surface area contributed by atoms with Crippen LogP contribution in [0, 0.1) is 0 Å². The van der Waals surface area contributed by atoms with Gasteiger partial charge in [-0.25, -0.2) is 0 Å². The van der Waals surface area contributed by atoms with Crippen LogP contribution in [0.1, 0.15) is 265 Å². The zero-order valence-electron chi connectivity index (χ0n) is 43.7. The molecule has 66 heavy (non-hydrogen) atoms. The standard InChI is InChI=1S/C61H106O5/c1-4-7-10-13-16-19-22-25-28-30-32-35-38-41-44-47-50-53-56-64-57-59(66-61(63)55-52-49-46-43-40-37-33-27-24-21-18-15-12-9-6-3)58-65-60(62)54-51-48-45-42-39-36-34-31-29-26-23-20-17-14-11-8-5-2/h8,11,17-18,20-21,26-27,29,33-34,36,42,45,59H,4-7,9-10,12-16,19,22-25,28,30-32,35,37-41,43-44,46-58H2,1-3H3/b11-8-,20-17-,21-18-,29-26-,33-27-,36-34-,45-42-. The normalized spacial score (nSPS) is 12.8. The minimum absolute atomic E-state index is 0.0491. The number of hydrogen-bond acceptors (Lipinski definition) is 5. The monoisotopic (exact) mass is 919 g/mol. The molecule has 380 valence electrons. The summed E-state index contributed by atoms with van der Waals surface area (Å²) in [5, 5.41) is 0. The van der Waals surface area contributed by atoms with Crippen LogP contribution in [0.25, 0.3) is 0 Å². The Morgan fingerprint density at radius 3 is 1.17 bits per heavy atom. The molecule has 0 aromatic heterocycles. The van der Waals surface area contributed by atoms with E-state index in [1.165, 1.54) is 141 Å². The molecular formula is C61H106O5. The highest BCUT2D eigenvalue weighted by molar-refractivity contribution is 5.70. The van der Waals surface area contributed by atoms with Crippen molar-refractivity contribution < 1.29 is 23.8 Å². The van der Waals surface area contributed by atoms with E-state index in [-0.39, 0.29) is 25.2 Å². The van der Waals surface area contributed by atoms with E-state index in [4.69, 9.17) is 14.2 Å². The second-order valence-corrected chi connectivity index (χ2v) is 18.5. The number of esters is 2. The Morgan fingerprint density at radius 1 is 0.348 bits per heavy atom. The summed E-state index contributed by atoms with van der Waals surface area (Å²) in [5.74, 6) is -0.475. The molecule has 0 saturated heterocycles. The predicted molar refractivity (Wildman–Crippen MR) is 288 cm³/mol. The Kier molecular flexibility index (Phi) is 53.9. The smallest absolute Gasteiger partial charge is 0.306 e. The van der Waals surface area contributed by atoms with Crippen molar-refractivity contribution >= 4 is 11.9 Å². The molecule has 0 aliphatic carbocycles. The first-order valence-corrected chi connectivity index (χ1v) is 28.1. The summed E-state index contributed by atoms with van der Waals surface area (Å²) in [5.41, 5.74) is 0. The van der Waals surface area contributed by atoms with E-state index in [1.807, 2.05) is 0 Å². The first-order valence-electron chi connectivity index (χ1n) is 28.1. The van der Waals surface area contributed by atoms with Crippen molar-refractivity contribution in [2.24, 2.45) is 0 Å². The van der Waals surface area contributed by atoms with Crippen molar-refractivity contribution in [3.05, 3.63) is 85.1 Å². The Morgan fingerprint density at radius 2 is 0.697 bits per heavy atom. The summed E-state index contributed by atoms with van der Waals surface area (Å²) in [6, 6.07) is 0. The molecule has 0 heterocycles. The van der Waals surface area contributed by atoms with E-state index in [2.05, 4.69) is 106 Å². The third-order valence-corrected chi connectivity index (χ3v) is 11.9. The highest BCUT2D eigenvalue weighted by atomic mass is 16.6. The van der Waals surface area contributed by atoms with Gasteiger partial charge in [0.2, 0.25) is 0 Å². The Labute approximate surface area is 409 Å². The largest absolute Gasteiger partial charge is 0.462 e. The van der Waals surface area contributed by atoms with Crippen LogP contribution in [0.3, 0.4) is 0 Å². The number of carbonyl (C=O) groups excluding carboxylic acids is 2. The predicted octanol–water partition coefficient (Wildman–Crippen LogP) is 19.2. The van der Waals surface area contributed by atoms with Crippen LogP contribution < -0.4 is 0 Å². The Bertz CT molecular complexity index is 1220. The molecule has 0 spiro atoms. The lowest BCUT2D eigenvalue weighted by Crippen LogP contribution is -2.30. The maximum atomic E-state index is 12.8. The fraction of sp³-hybridized carbons (Fsp3) is 0.738. The third kappa shape index (κ3) is 53.7. The summed E-state index contributed by atoms with van der Waals surface area (Å²) >= 11 is 0. The van der Waals surface area contributed by atoms with E-state index in [0.717, 1.165) is 89.9 Å². The first-order chi connectivity index (χ1) is 32.6. The van der Waals surface area contributed by atoms with Gasteiger partial charge >= 0.3 is 11.9 Å². The highest BCUT2D eigenvalue weighted by Gasteiger charge is 2.17. The lowest BCUT2D eigenvalue weighted by molar-refractivity contribution is -0.163. The van der Waals surface area contributed by atoms with Gasteiger partial charge in [-0.05, 0) is 89.9 Å². The van der Waals surface area contributed by atoms with Crippen molar-refractivity contribution in [3.8, 4) is 0 Å². The minimum Gasteiger partial charge on any atom is -0.462 e. The molecule has 0 bridgehead atoms. The van der Waals surface area contributed by atoms with Crippen LogP contribution in [0.5, 0.6) is 0 Å². The number of ether oxygens (including phenoxy) is 3. The maximum Gasteiger partial charge on any atom is 0.306 e. The highest BCUT2D eigenvalue weighted by Crippen LogP contribution is 2.15. The number of hydrogen-bond donors (Lipinski definition) is 0. The fourth-order valence-corrected chi connectivity index (χ4v) is 7.75. The van der Waals surface area contributed by atoms with Gasteiger partial charge in [-0.3, -0.25) is 9.59 Å². The van der Waals surface area contributed by atoms with Crippen molar-refractivity contribution in [3.63, 3.8) is 0 Å². The van der Waals surface area contributed by atoms with Crippen LogP contribution in [-0.4, -0.2) is 37.9 Å². The van der Waals surface area contributed by atoms with Gasteiger partial charge in [0, 0.05) is 19.4 Å². The molecule has 0 rings (SSSR count). The average Bonchev–Trinajstić information content (AvgIpc) is 3.32. The molecular weight excluding hydrogens is 813 g/mol. The molecule has 0 aliphatic heterocycles. The van der Waals surface area contributed by atoms with Gasteiger partial charge in [0.1, 0.15) is 6.61 Å². The molecule has 5 heteroatoms. The van der Waals surface area contributed by atoms with Gasteiger partial charge in [0.05, 0.1) is 6.61 Å². The lowest BCUT2D eigenvalue weighted by atomic mass is 10.0. The number of unbranched alkanes of at least 4 members (excludes halogenated alkanes) is 26. The van der Waals surface area contributed by atoms with Crippen LogP contribution in [0.4, 0.5) is 0 Å². The quantitative estimate of drug-likeness (QED) is 0.0346. The molecule has 0 aliphatic rings. The van der Waals surface area contributed by atoms with Gasteiger partial charge in [-0.15, -0.1) is 0 Å². The van der Waals surface area contributed by atoms with Gasteiger partial charge in [0.15, 0.2) is 6.10 Å². The molecule has 5 nitrogen and oxygen atoms in total. The van der Waals surface area contributed by atoms with E-state index in [9.17, 15) is 9.59 Å². The third-order valence-electron chi connectivity index (χ3n) is 11.9. The van der Waals surface area contributed by atoms with Crippen molar-refractivity contribution in [1.29, 1.82) is 0 Å². The van der Waals surface area contributed by atoms with Gasteiger partial charge in [0.25, 0.3) is 0 Å². The van der Waals surface area contributed by atoms with Crippen LogP contribution in [0.2, 0.25) is 0 Å². The topological polar surface area (TPSA) is 61.8 Å². The van der Waals surface area contributed by atoms with E-state index in [0.29, 0.717) is 19.4 Å². The minimum atomic E-state index is -0.569. The van der Waals surface area contributed by atoms with Gasteiger partial charge < -0.3 is 14.2 Å². The summed E-state index contributed by atoms with van der Waals surface area (Å²) < 4.78 is 17.4. The molecule has 0 saturated carbocycles. The number of allylic oxidation sites excluding steroid dienone is 14. The first kappa shape index (κ1) is 63.1. The Hall–Kier alpha value is -2.92. The van der Waals surface area contributed by atoms with Crippen molar-refractivity contribution in [1.82, 2.24) is 0 Å². The molecule has 0 amide bonds. The van der Waals surface area contributed by atoms with E-state index >= 15 is 0 Å². The van der Waals surface area contributed by atoms with Crippen LogP contribution in [-0.2, 0) is 23.8 Å². The lowest BCUT2D eigenvalue weighted by Gasteiger charge is -2.18. The van der Waals surface area contributed by atoms with E-state index in [1.54, 1.807) is 0 Å². The van der Waals surface area contributed by atoms with Crippen molar-refractivity contribution in [2.75, 3.05) is 19.8 Å². The van der Waals surface area contributed by atoms with Gasteiger partial charge in [-0.1, -0.05) is 247 Å². The van der Waals surface area contributed by atoms with Crippen LogP contribution in [0.15, 0.2) is 85.1 Å². The van der Waals surface area contributed by atoms with E-state index < -0.39 is 6.10 Å². The molecule has 0 radical (unpaired) electrons. The fourth-order valence-electron chi connectivity index (χ4n) is 7.75. The molecule has 0 aromatic rings. The number of carbonyl (C=O) groups is 2. The van der Waals surface area contributed by atoms with Crippen molar-refractivity contribution in [2.45, 2.75) is 271 Å². The average molecular weight is 920 g/mol. The molecule has 0 aromatic carbocycles. The number of rotatable bonds is 51. The second-order valence-electron chi connectivity index (χ2n) is 18.5. The zero-order valence-corrected chi connectivity index (χ0v) is 43.7. The molecule has 0 N–H and O–H groups in total. The maximum absolute atomic E-state index is 12.8. The summed E-state index contributed by atoms with van der Waals surface area (Å²) in [4.78, 5) is 25.5. The summed E-state index contributed by atoms with van der Waals surface area (Å²) in [7, 11) is 0. The second kappa shape index (κ2) is 56.4. The zero-order chi connectivity index (χ0) is 47.7. The molecule has 1 atom stereocenters. The Balaban J connectivity index is 4.36. The summed E-state index contributed by atoms with van der Waals surface area (Å²) in [6.07, 6.45) is 74.6. The van der Waals surface area contributed by atoms with Crippen LogP contribution >= 0.6 is 0 Å².